The lowest BCUT2D eigenvalue weighted by Gasteiger charge is -2.32. The third kappa shape index (κ3) is 3.51. The number of hydrogen-bond acceptors (Lipinski definition) is 3. The summed E-state index contributed by atoms with van der Waals surface area (Å²) in [6.07, 6.45) is 6.38. The van der Waals surface area contributed by atoms with Gasteiger partial charge < -0.3 is 10.2 Å². The molecule has 1 N–H and O–H groups in total. The maximum Gasteiger partial charge on any atom is 0.129 e. The number of aryl methyl sites for hydroxylation is 1. The molecule has 3 rings (SSSR count). The van der Waals surface area contributed by atoms with Gasteiger partial charge in [-0.3, -0.25) is 0 Å². The number of aromatic nitrogens is 1. The highest BCUT2D eigenvalue weighted by Gasteiger charge is 2.21. The molecule has 1 aliphatic heterocycles. The van der Waals surface area contributed by atoms with Crippen LogP contribution in [0.1, 0.15) is 50.8 Å². The SMILES string of the molecule is CCc1cc(CNC2CC2)cc(N2CCCC(C)C2)n1. The minimum Gasteiger partial charge on any atom is -0.356 e. The molecule has 0 radical (unpaired) electrons. The van der Waals surface area contributed by atoms with Crippen LogP contribution in [0, 0.1) is 5.92 Å². The number of pyridine rings is 1. The molecule has 2 heterocycles. The fraction of sp³-hybridized carbons (Fsp3) is 0.706. The van der Waals surface area contributed by atoms with Crippen LogP contribution in [0.5, 0.6) is 0 Å². The molecule has 1 saturated carbocycles. The summed E-state index contributed by atoms with van der Waals surface area (Å²) in [4.78, 5) is 7.33. The van der Waals surface area contributed by atoms with E-state index in [0.717, 1.165) is 31.5 Å². The van der Waals surface area contributed by atoms with Gasteiger partial charge in [-0.2, -0.15) is 0 Å². The molecule has 3 heteroatoms. The van der Waals surface area contributed by atoms with E-state index >= 15 is 0 Å². The van der Waals surface area contributed by atoms with Crippen LogP contribution in [0.15, 0.2) is 12.1 Å². The quantitative estimate of drug-likeness (QED) is 0.893. The molecule has 1 unspecified atom stereocenters. The van der Waals surface area contributed by atoms with Gasteiger partial charge in [0.2, 0.25) is 0 Å². The van der Waals surface area contributed by atoms with E-state index in [1.807, 2.05) is 0 Å². The monoisotopic (exact) mass is 273 g/mol. The van der Waals surface area contributed by atoms with Crippen molar-refractivity contribution in [2.24, 2.45) is 5.92 Å². The Bertz CT molecular complexity index is 454. The number of piperidine rings is 1. The van der Waals surface area contributed by atoms with Gasteiger partial charge >= 0.3 is 0 Å². The molecule has 1 saturated heterocycles. The number of anilines is 1. The summed E-state index contributed by atoms with van der Waals surface area (Å²) < 4.78 is 0. The van der Waals surface area contributed by atoms with Crippen molar-refractivity contribution in [3.05, 3.63) is 23.4 Å². The zero-order valence-electron chi connectivity index (χ0n) is 12.9. The average molecular weight is 273 g/mol. The first kappa shape index (κ1) is 13.9. The van der Waals surface area contributed by atoms with Crippen LogP contribution >= 0.6 is 0 Å². The van der Waals surface area contributed by atoms with E-state index in [4.69, 9.17) is 4.98 Å². The normalized spacial score (nSPS) is 23.1. The number of hydrogen-bond donors (Lipinski definition) is 1. The van der Waals surface area contributed by atoms with Gasteiger partial charge in [0, 0.05) is 31.4 Å². The van der Waals surface area contributed by atoms with Crippen molar-refractivity contribution in [2.75, 3.05) is 18.0 Å². The first-order valence-corrected chi connectivity index (χ1v) is 8.22. The molecule has 1 atom stereocenters. The van der Waals surface area contributed by atoms with Gasteiger partial charge in [-0.25, -0.2) is 4.98 Å². The molecule has 0 spiro atoms. The van der Waals surface area contributed by atoms with E-state index < -0.39 is 0 Å². The summed E-state index contributed by atoms with van der Waals surface area (Å²) >= 11 is 0. The van der Waals surface area contributed by atoms with E-state index in [1.54, 1.807) is 0 Å². The molecular formula is C17H27N3. The predicted octanol–water partition coefficient (Wildman–Crippen LogP) is 3.13. The zero-order valence-corrected chi connectivity index (χ0v) is 12.9. The molecule has 3 nitrogen and oxygen atoms in total. The standard InChI is InChI=1S/C17H27N3/c1-3-15-9-14(11-18-16-6-7-16)10-17(19-15)20-8-4-5-13(2)12-20/h9-10,13,16,18H,3-8,11-12H2,1-2H3. The largest absolute Gasteiger partial charge is 0.356 e. The van der Waals surface area contributed by atoms with Crippen molar-refractivity contribution < 1.29 is 0 Å². The van der Waals surface area contributed by atoms with Gasteiger partial charge in [-0.1, -0.05) is 13.8 Å². The van der Waals surface area contributed by atoms with E-state index in [2.05, 4.69) is 36.2 Å². The molecule has 1 aliphatic carbocycles. The maximum absolute atomic E-state index is 4.85. The molecule has 20 heavy (non-hydrogen) atoms. The van der Waals surface area contributed by atoms with Crippen LogP contribution in [0.2, 0.25) is 0 Å². The smallest absolute Gasteiger partial charge is 0.129 e. The Kier molecular flexibility index (Phi) is 4.25. The summed E-state index contributed by atoms with van der Waals surface area (Å²) in [7, 11) is 0. The number of nitrogens with one attached hydrogen (secondary N) is 1. The molecular weight excluding hydrogens is 246 g/mol. The Morgan fingerprint density at radius 3 is 2.85 bits per heavy atom. The number of rotatable bonds is 5. The Morgan fingerprint density at radius 2 is 2.15 bits per heavy atom. The van der Waals surface area contributed by atoms with Crippen molar-refractivity contribution in [1.82, 2.24) is 10.3 Å². The molecule has 2 fully saturated rings. The van der Waals surface area contributed by atoms with Crippen LogP contribution < -0.4 is 10.2 Å². The molecule has 0 amide bonds. The third-order valence-corrected chi connectivity index (χ3v) is 4.44. The maximum atomic E-state index is 4.85. The lowest BCUT2D eigenvalue weighted by Crippen LogP contribution is -2.35. The third-order valence-electron chi connectivity index (χ3n) is 4.44. The van der Waals surface area contributed by atoms with Crippen LogP contribution in [0.4, 0.5) is 5.82 Å². The Labute approximate surface area is 122 Å². The zero-order chi connectivity index (χ0) is 13.9. The van der Waals surface area contributed by atoms with E-state index in [1.165, 1.54) is 49.3 Å². The Balaban J connectivity index is 1.75. The molecule has 1 aromatic heterocycles. The highest BCUT2D eigenvalue weighted by atomic mass is 15.2. The summed E-state index contributed by atoms with van der Waals surface area (Å²) in [6.45, 7) is 7.88. The summed E-state index contributed by atoms with van der Waals surface area (Å²) in [5.74, 6) is 1.99. The van der Waals surface area contributed by atoms with Crippen molar-refractivity contribution >= 4 is 5.82 Å². The summed E-state index contributed by atoms with van der Waals surface area (Å²) in [6, 6.07) is 5.34. The molecule has 2 aliphatic rings. The second-order valence-corrected chi connectivity index (χ2v) is 6.53. The van der Waals surface area contributed by atoms with Crippen molar-refractivity contribution in [1.29, 1.82) is 0 Å². The Morgan fingerprint density at radius 1 is 1.30 bits per heavy atom. The van der Waals surface area contributed by atoms with Crippen molar-refractivity contribution in [3.8, 4) is 0 Å². The summed E-state index contributed by atoms with van der Waals surface area (Å²) in [5.41, 5.74) is 2.63. The molecule has 0 bridgehead atoms. The van der Waals surface area contributed by atoms with Crippen LogP contribution in [0.25, 0.3) is 0 Å². The van der Waals surface area contributed by atoms with Gasteiger partial charge in [-0.05, 0) is 55.7 Å². The van der Waals surface area contributed by atoms with Gasteiger partial charge in [0.1, 0.15) is 5.82 Å². The van der Waals surface area contributed by atoms with Crippen LogP contribution in [0.3, 0.4) is 0 Å². The van der Waals surface area contributed by atoms with Crippen LogP contribution in [-0.2, 0) is 13.0 Å². The minimum absolute atomic E-state index is 0.770. The van der Waals surface area contributed by atoms with Gasteiger partial charge in [0.25, 0.3) is 0 Å². The Hall–Kier alpha value is -1.09. The molecule has 1 aromatic rings. The molecule has 0 aromatic carbocycles. The van der Waals surface area contributed by atoms with Crippen molar-refractivity contribution in [2.45, 2.75) is 58.5 Å². The predicted molar refractivity (Wildman–Crippen MR) is 84.1 cm³/mol. The second-order valence-electron chi connectivity index (χ2n) is 6.53. The lowest BCUT2D eigenvalue weighted by molar-refractivity contribution is 0.444. The van der Waals surface area contributed by atoms with Crippen molar-refractivity contribution in [3.63, 3.8) is 0 Å². The fourth-order valence-electron chi connectivity index (χ4n) is 3.03. The fourth-order valence-corrected chi connectivity index (χ4v) is 3.03. The number of nitrogens with zero attached hydrogens (tertiary/aromatic N) is 2. The highest BCUT2D eigenvalue weighted by molar-refractivity contribution is 5.43. The van der Waals surface area contributed by atoms with Gasteiger partial charge in [-0.15, -0.1) is 0 Å². The first-order valence-electron chi connectivity index (χ1n) is 8.22. The summed E-state index contributed by atoms with van der Waals surface area (Å²) in [5, 5.41) is 3.62. The topological polar surface area (TPSA) is 28.2 Å². The van der Waals surface area contributed by atoms with Gasteiger partial charge in [0.15, 0.2) is 0 Å². The first-order chi connectivity index (χ1) is 9.74. The van der Waals surface area contributed by atoms with E-state index in [9.17, 15) is 0 Å². The second kappa shape index (κ2) is 6.13. The van der Waals surface area contributed by atoms with E-state index in [-0.39, 0.29) is 0 Å². The van der Waals surface area contributed by atoms with Crippen LogP contribution in [-0.4, -0.2) is 24.1 Å². The highest BCUT2D eigenvalue weighted by Crippen LogP contribution is 2.24. The van der Waals surface area contributed by atoms with Gasteiger partial charge in [0.05, 0.1) is 0 Å². The lowest BCUT2D eigenvalue weighted by atomic mass is 10.0. The average Bonchev–Trinajstić information content (AvgIpc) is 3.29. The molecule has 110 valence electrons. The van der Waals surface area contributed by atoms with E-state index in [0.29, 0.717) is 0 Å². The minimum atomic E-state index is 0.770.